The summed E-state index contributed by atoms with van der Waals surface area (Å²) in [4.78, 5) is 18.1. The van der Waals surface area contributed by atoms with Gasteiger partial charge in [0.15, 0.2) is 11.6 Å². The number of alkyl halides is 3. The van der Waals surface area contributed by atoms with Gasteiger partial charge in [0.2, 0.25) is 9.74 Å². The molecular formula is C20H20Cl3N5. The van der Waals surface area contributed by atoms with Gasteiger partial charge >= 0.3 is 0 Å². The molecule has 0 N–H and O–H groups in total. The maximum absolute atomic E-state index is 6.13. The molecule has 1 saturated heterocycles. The van der Waals surface area contributed by atoms with Gasteiger partial charge in [-0.2, -0.15) is 9.97 Å². The van der Waals surface area contributed by atoms with E-state index < -0.39 is 3.79 Å². The van der Waals surface area contributed by atoms with Crippen LogP contribution in [-0.2, 0) is 3.79 Å². The number of halogens is 3. The Hall–Kier alpha value is -1.66. The average Bonchev–Trinajstić information content (AvgIpc) is 2.91. The number of fused-ring (bicyclic) bond motifs is 1. The third kappa shape index (κ3) is 4.33. The molecule has 0 amide bonds. The van der Waals surface area contributed by atoms with Gasteiger partial charge in [0.25, 0.3) is 0 Å². The van der Waals surface area contributed by atoms with Crippen LogP contribution in [-0.4, -0.2) is 53.1 Å². The van der Waals surface area contributed by atoms with Crippen molar-refractivity contribution in [2.75, 3.05) is 38.1 Å². The lowest BCUT2D eigenvalue weighted by atomic mass is 10.1. The lowest BCUT2D eigenvalue weighted by Gasteiger charge is -2.22. The minimum absolute atomic E-state index is 0.142. The summed E-state index contributed by atoms with van der Waals surface area (Å²) in [6.45, 7) is 3.64. The molecule has 3 aromatic rings. The number of aromatic nitrogens is 3. The summed E-state index contributed by atoms with van der Waals surface area (Å²) >= 11 is 18.4. The second-order valence-corrected chi connectivity index (χ2v) is 9.27. The summed E-state index contributed by atoms with van der Waals surface area (Å²) in [6, 6.07) is 14.2. The molecule has 146 valence electrons. The Morgan fingerprint density at radius 3 is 2.43 bits per heavy atom. The van der Waals surface area contributed by atoms with E-state index in [0.29, 0.717) is 11.8 Å². The van der Waals surface area contributed by atoms with E-state index in [-0.39, 0.29) is 5.82 Å². The molecule has 1 aliphatic heterocycles. The highest BCUT2D eigenvalue weighted by Crippen LogP contribution is 2.37. The third-order valence-electron chi connectivity index (χ3n) is 4.89. The van der Waals surface area contributed by atoms with E-state index >= 15 is 0 Å². The third-order valence-corrected chi connectivity index (χ3v) is 5.39. The van der Waals surface area contributed by atoms with Crippen molar-refractivity contribution in [3.05, 3.63) is 48.3 Å². The summed E-state index contributed by atoms with van der Waals surface area (Å²) in [7, 11) is 2.12. The first-order valence-electron chi connectivity index (χ1n) is 9.16. The maximum atomic E-state index is 6.13. The number of rotatable bonds is 2. The zero-order valence-electron chi connectivity index (χ0n) is 15.4. The molecular weight excluding hydrogens is 417 g/mol. The maximum Gasteiger partial charge on any atom is 0.250 e. The molecule has 0 saturated carbocycles. The fourth-order valence-corrected chi connectivity index (χ4v) is 3.59. The van der Waals surface area contributed by atoms with E-state index in [4.69, 9.17) is 39.8 Å². The molecule has 0 radical (unpaired) electrons. The van der Waals surface area contributed by atoms with Gasteiger partial charge in [-0.3, -0.25) is 0 Å². The molecule has 28 heavy (non-hydrogen) atoms. The topological polar surface area (TPSA) is 45.2 Å². The largest absolute Gasteiger partial charge is 0.339 e. The zero-order valence-corrected chi connectivity index (χ0v) is 17.7. The number of hydrogen-bond acceptors (Lipinski definition) is 5. The standard InChI is InChI=1S/C20H20Cl3N5/c1-27-9-4-10-28(12-11-27)19-25-17(24-18(26-19)20(21,22)23)16-8-7-14-5-2-3-6-15(14)13-16/h2-3,5-8,13H,4,9-12H2,1H3. The van der Waals surface area contributed by atoms with Crippen molar-refractivity contribution < 1.29 is 0 Å². The molecule has 2 aromatic carbocycles. The molecule has 1 fully saturated rings. The molecule has 1 aromatic heterocycles. The van der Waals surface area contributed by atoms with Crippen LogP contribution in [0, 0.1) is 0 Å². The highest BCUT2D eigenvalue weighted by Gasteiger charge is 2.29. The van der Waals surface area contributed by atoms with E-state index in [9.17, 15) is 0 Å². The van der Waals surface area contributed by atoms with Gasteiger partial charge < -0.3 is 9.80 Å². The van der Waals surface area contributed by atoms with Gasteiger partial charge in [0.05, 0.1) is 0 Å². The number of nitrogens with zero attached hydrogens (tertiary/aromatic N) is 5. The Bertz CT molecular complexity index is 989. The van der Waals surface area contributed by atoms with E-state index in [1.54, 1.807) is 0 Å². The first-order chi connectivity index (χ1) is 13.4. The zero-order chi connectivity index (χ0) is 19.7. The van der Waals surface area contributed by atoms with Crippen LogP contribution in [0.5, 0.6) is 0 Å². The molecule has 8 heteroatoms. The molecule has 0 spiro atoms. The van der Waals surface area contributed by atoms with Crippen molar-refractivity contribution >= 4 is 51.5 Å². The monoisotopic (exact) mass is 435 g/mol. The van der Waals surface area contributed by atoms with Crippen molar-refractivity contribution in [1.82, 2.24) is 19.9 Å². The van der Waals surface area contributed by atoms with Gasteiger partial charge in [-0.1, -0.05) is 71.2 Å². The van der Waals surface area contributed by atoms with E-state index in [0.717, 1.165) is 48.9 Å². The summed E-state index contributed by atoms with van der Waals surface area (Å²) in [5, 5.41) is 2.26. The smallest absolute Gasteiger partial charge is 0.250 e. The van der Waals surface area contributed by atoms with Crippen LogP contribution in [0.25, 0.3) is 22.2 Å². The normalized spacial score (nSPS) is 16.4. The van der Waals surface area contributed by atoms with Crippen molar-refractivity contribution in [3.63, 3.8) is 0 Å². The van der Waals surface area contributed by atoms with Crippen molar-refractivity contribution in [2.24, 2.45) is 0 Å². The highest BCUT2D eigenvalue weighted by atomic mass is 35.6. The second kappa shape index (κ2) is 7.99. The van der Waals surface area contributed by atoms with Gasteiger partial charge in [-0.25, -0.2) is 4.98 Å². The predicted molar refractivity (Wildman–Crippen MR) is 116 cm³/mol. The first-order valence-corrected chi connectivity index (χ1v) is 10.3. The van der Waals surface area contributed by atoms with Crippen LogP contribution in [0.15, 0.2) is 42.5 Å². The van der Waals surface area contributed by atoms with Gasteiger partial charge in [-0.05, 0) is 36.9 Å². The van der Waals surface area contributed by atoms with E-state index in [1.165, 1.54) is 0 Å². The van der Waals surface area contributed by atoms with E-state index in [2.05, 4.69) is 38.9 Å². The lowest BCUT2D eigenvalue weighted by Crippen LogP contribution is -2.31. The van der Waals surface area contributed by atoms with Crippen molar-refractivity contribution in [2.45, 2.75) is 10.2 Å². The quantitative estimate of drug-likeness (QED) is 0.547. The van der Waals surface area contributed by atoms with Crippen LogP contribution in [0.2, 0.25) is 0 Å². The number of benzene rings is 2. The lowest BCUT2D eigenvalue weighted by molar-refractivity contribution is 0.360. The second-order valence-electron chi connectivity index (χ2n) is 6.99. The van der Waals surface area contributed by atoms with Crippen LogP contribution < -0.4 is 4.90 Å². The molecule has 1 aliphatic rings. The average molecular weight is 437 g/mol. The highest BCUT2D eigenvalue weighted by molar-refractivity contribution is 6.66. The Labute approximate surface area is 179 Å². The van der Waals surface area contributed by atoms with Crippen molar-refractivity contribution in [1.29, 1.82) is 0 Å². The fraction of sp³-hybridized carbons (Fsp3) is 0.350. The summed E-state index contributed by atoms with van der Waals surface area (Å²) in [5.41, 5.74) is 0.866. The van der Waals surface area contributed by atoms with Gasteiger partial charge in [-0.15, -0.1) is 0 Å². The molecule has 5 nitrogen and oxygen atoms in total. The summed E-state index contributed by atoms with van der Waals surface area (Å²) in [6.07, 6.45) is 1.02. The van der Waals surface area contributed by atoms with Crippen LogP contribution in [0.1, 0.15) is 12.2 Å². The number of anilines is 1. The van der Waals surface area contributed by atoms with Crippen LogP contribution in [0.3, 0.4) is 0 Å². The van der Waals surface area contributed by atoms with Crippen LogP contribution in [0.4, 0.5) is 5.95 Å². The minimum atomic E-state index is -1.72. The van der Waals surface area contributed by atoms with Crippen LogP contribution >= 0.6 is 34.8 Å². The summed E-state index contributed by atoms with van der Waals surface area (Å²) < 4.78 is -1.72. The van der Waals surface area contributed by atoms with Gasteiger partial charge in [0.1, 0.15) is 0 Å². The van der Waals surface area contributed by atoms with Gasteiger partial charge in [0, 0.05) is 25.2 Å². The molecule has 0 unspecified atom stereocenters. The minimum Gasteiger partial charge on any atom is -0.339 e. The Balaban J connectivity index is 1.79. The first kappa shape index (κ1) is 19.6. The molecule has 0 aliphatic carbocycles. The Kier molecular flexibility index (Phi) is 5.61. The SMILES string of the molecule is CN1CCCN(c2nc(-c3ccc4ccccc4c3)nc(C(Cl)(Cl)Cl)n2)CC1. The summed E-state index contributed by atoms with van der Waals surface area (Å²) in [5.74, 6) is 1.20. The Morgan fingerprint density at radius 2 is 1.64 bits per heavy atom. The Morgan fingerprint density at radius 1 is 0.857 bits per heavy atom. The van der Waals surface area contributed by atoms with E-state index in [1.807, 2.05) is 30.3 Å². The molecule has 0 atom stereocenters. The predicted octanol–water partition coefficient (Wildman–Crippen LogP) is 4.66. The molecule has 0 bridgehead atoms. The molecule has 4 rings (SSSR count). The van der Waals surface area contributed by atoms with Crippen molar-refractivity contribution in [3.8, 4) is 11.4 Å². The molecule has 2 heterocycles. The fourth-order valence-electron chi connectivity index (χ4n) is 3.34. The number of likely N-dealkylation sites (N-methyl/N-ethyl adjacent to an activating group) is 1. The number of hydrogen-bond donors (Lipinski definition) is 0.